The molecule has 3 rings (SSSR count). The van der Waals surface area contributed by atoms with Gasteiger partial charge in [0.1, 0.15) is 0 Å². The molecule has 8 heteroatoms. The van der Waals surface area contributed by atoms with E-state index in [1.807, 2.05) is 6.07 Å². The van der Waals surface area contributed by atoms with Crippen LogP contribution < -0.4 is 5.43 Å². The van der Waals surface area contributed by atoms with Crippen molar-refractivity contribution in [3.63, 3.8) is 0 Å². The van der Waals surface area contributed by atoms with E-state index >= 15 is 0 Å². The largest absolute Gasteiger partial charge is 0.271 e. The Morgan fingerprint density at radius 1 is 1.15 bits per heavy atom. The Labute approximate surface area is 152 Å². The second-order valence-corrected chi connectivity index (χ2v) is 7.96. The third-order valence-corrected chi connectivity index (χ3v) is 6.10. The quantitative estimate of drug-likeness (QED) is 0.642. The Hall–Kier alpha value is -2.58. The molecular weight excluding hydrogens is 352 g/mol. The lowest BCUT2D eigenvalue weighted by atomic mass is 10.2. The van der Waals surface area contributed by atoms with Gasteiger partial charge in [-0.3, -0.25) is 9.78 Å². The molecule has 0 bridgehead atoms. The number of hydrogen-bond acceptors (Lipinski definition) is 5. The lowest BCUT2D eigenvalue weighted by Crippen LogP contribution is -2.28. The van der Waals surface area contributed by atoms with Crippen LogP contribution in [0.25, 0.3) is 0 Å². The van der Waals surface area contributed by atoms with Crippen LogP contribution in [0.4, 0.5) is 0 Å². The fourth-order valence-electron chi connectivity index (χ4n) is 2.72. The number of rotatable bonds is 5. The van der Waals surface area contributed by atoms with Gasteiger partial charge >= 0.3 is 0 Å². The van der Waals surface area contributed by atoms with Gasteiger partial charge in [0.05, 0.1) is 10.6 Å². The van der Waals surface area contributed by atoms with E-state index in [0.717, 1.165) is 18.4 Å². The van der Waals surface area contributed by atoms with Gasteiger partial charge in [-0.25, -0.2) is 13.8 Å². The fourth-order valence-corrected chi connectivity index (χ4v) is 4.28. The van der Waals surface area contributed by atoms with Gasteiger partial charge in [-0.05, 0) is 44.0 Å². The Kier molecular flexibility index (Phi) is 5.43. The molecule has 1 fully saturated rings. The van der Waals surface area contributed by atoms with E-state index in [9.17, 15) is 13.2 Å². The molecule has 0 spiro atoms. The molecule has 1 amide bonds. The molecule has 1 N–H and O–H groups in total. The maximum Gasteiger partial charge on any atom is 0.271 e. The van der Waals surface area contributed by atoms with Gasteiger partial charge in [0.15, 0.2) is 0 Å². The van der Waals surface area contributed by atoms with Gasteiger partial charge in [-0.1, -0.05) is 12.1 Å². The van der Waals surface area contributed by atoms with Crippen LogP contribution in [0.3, 0.4) is 0 Å². The van der Waals surface area contributed by atoms with Crippen molar-refractivity contribution in [1.29, 1.82) is 0 Å². The number of carbonyl (C=O) groups excluding carboxylic acids is 1. The third-order valence-electron chi connectivity index (χ3n) is 4.20. The zero-order valence-corrected chi connectivity index (χ0v) is 15.2. The summed E-state index contributed by atoms with van der Waals surface area (Å²) in [6, 6.07) is 9.64. The van der Waals surface area contributed by atoms with Gasteiger partial charge in [0, 0.05) is 36.6 Å². The predicted octanol–water partition coefficient (Wildman–Crippen LogP) is 2.02. The second-order valence-electron chi connectivity index (χ2n) is 6.02. The number of benzene rings is 1. The summed E-state index contributed by atoms with van der Waals surface area (Å²) in [5.41, 5.74) is 4.10. The third kappa shape index (κ3) is 3.97. The van der Waals surface area contributed by atoms with Gasteiger partial charge in [-0.15, -0.1) is 0 Å². The van der Waals surface area contributed by atoms with Crippen molar-refractivity contribution < 1.29 is 13.2 Å². The minimum absolute atomic E-state index is 0.125. The van der Waals surface area contributed by atoms with Crippen LogP contribution in [0.5, 0.6) is 0 Å². The fraction of sp³-hybridized carbons (Fsp3) is 0.278. The molecule has 0 atom stereocenters. The Bertz CT molecular complexity index is 920. The van der Waals surface area contributed by atoms with Crippen molar-refractivity contribution in [2.45, 2.75) is 24.7 Å². The van der Waals surface area contributed by atoms with Crippen molar-refractivity contribution >= 4 is 21.6 Å². The molecule has 1 saturated heterocycles. The molecule has 0 radical (unpaired) electrons. The number of hydrogen-bond donors (Lipinski definition) is 1. The number of nitrogens with one attached hydrogen (secondary N) is 1. The molecule has 1 aliphatic rings. The molecule has 136 valence electrons. The number of pyridine rings is 1. The number of carbonyl (C=O) groups is 1. The standard InChI is InChI=1S/C18H20N4O3S/c1-14(16-7-5-9-19-13-16)20-21-18(23)15-6-4-8-17(12-15)26(24,25)22-10-2-3-11-22/h4-9,12-13H,2-3,10-11H2,1H3,(H,21,23)/b20-14-. The predicted molar refractivity (Wildman–Crippen MR) is 98.3 cm³/mol. The first-order valence-electron chi connectivity index (χ1n) is 8.34. The van der Waals surface area contributed by atoms with Gasteiger partial charge in [-0.2, -0.15) is 9.41 Å². The van der Waals surface area contributed by atoms with Crippen LogP contribution >= 0.6 is 0 Å². The van der Waals surface area contributed by atoms with Crippen LogP contribution in [0.1, 0.15) is 35.7 Å². The van der Waals surface area contributed by atoms with Gasteiger partial charge in [0.25, 0.3) is 5.91 Å². The van der Waals surface area contributed by atoms with E-state index in [1.54, 1.807) is 37.5 Å². The van der Waals surface area contributed by atoms with Crippen molar-refractivity contribution in [3.05, 3.63) is 59.9 Å². The monoisotopic (exact) mass is 372 g/mol. The second kappa shape index (κ2) is 7.76. The molecule has 2 heterocycles. The smallest absolute Gasteiger partial charge is 0.267 e. The summed E-state index contributed by atoms with van der Waals surface area (Å²) in [7, 11) is -3.56. The van der Waals surface area contributed by atoms with Crippen LogP contribution in [0.15, 0.2) is 58.8 Å². The van der Waals surface area contributed by atoms with E-state index < -0.39 is 15.9 Å². The summed E-state index contributed by atoms with van der Waals surface area (Å²) in [4.78, 5) is 16.5. The summed E-state index contributed by atoms with van der Waals surface area (Å²) in [5.74, 6) is -0.466. The molecule has 1 aromatic carbocycles. The van der Waals surface area contributed by atoms with Crippen LogP contribution in [-0.4, -0.2) is 42.4 Å². The minimum atomic E-state index is -3.56. The van der Waals surface area contributed by atoms with Crippen LogP contribution in [0, 0.1) is 0 Å². The summed E-state index contributed by atoms with van der Waals surface area (Å²) in [6.07, 6.45) is 5.03. The van der Waals surface area contributed by atoms with E-state index in [2.05, 4.69) is 15.5 Å². The molecule has 2 aromatic rings. The first-order valence-corrected chi connectivity index (χ1v) is 9.78. The zero-order chi connectivity index (χ0) is 18.6. The zero-order valence-electron chi connectivity index (χ0n) is 14.4. The SMILES string of the molecule is C/C(=N/NC(=O)c1cccc(S(=O)(=O)N2CCCC2)c1)c1cccnc1. The Balaban J connectivity index is 1.76. The number of hydrazone groups is 1. The molecule has 1 aliphatic heterocycles. The first kappa shape index (κ1) is 18.2. The van der Waals surface area contributed by atoms with E-state index in [0.29, 0.717) is 18.8 Å². The number of amides is 1. The van der Waals surface area contributed by atoms with Crippen molar-refractivity contribution in [1.82, 2.24) is 14.7 Å². The van der Waals surface area contributed by atoms with Crippen molar-refractivity contribution in [2.75, 3.05) is 13.1 Å². The Morgan fingerprint density at radius 3 is 2.58 bits per heavy atom. The highest BCUT2D eigenvalue weighted by molar-refractivity contribution is 7.89. The van der Waals surface area contributed by atoms with Gasteiger partial charge < -0.3 is 0 Å². The molecule has 7 nitrogen and oxygen atoms in total. The number of aromatic nitrogens is 1. The molecule has 0 saturated carbocycles. The molecular formula is C18H20N4O3S. The summed E-state index contributed by atoms with van der Waals surface area (Å²) in [5, 5.41) is 4.06. The first-order chi connectivity index (χ1) is 12.5. The topological polar surface area (TPSA) is 91.7 Å². The normalized spacial score (nSPS) is 15.8. The molecule has 26 heavy (non-hydrogen) atoms. The van der Waals surface area contributed by atoms with E-state index in [1.165, 1.54) is 16.4 Å². The average molecular weight is 372 g/mol. The number of nitrogens with zero attached hydrogens (tertiary/aromatic N) is 3. The molecule has 1 aromatic heterocycles. The lowest BCUT2D eigenvalue weighted by molar-refractivity contribution is 0.0954. The maximum absolute atomic E-state index is 12.6. The lowest BCUT2D eigenvalue weighted by Gasteiger charge is -2.15. The summed E-state index contributed by atoms with van der Waals surface area (Å²) < 4.78 is 26.7. The minimum Gasteiger partial charge on any atom is -0.267 e. The van der Waals surface area contributed by atoms with Crippen molar-refractivity contribution in [3.8, 4) is 0 Å². The summed E-state index contributed by atoms with van der Waals surface area (Å²) >= 11 is 0. The highest BCUT2D eigenvalue weighted by Crippen LogP contribution is 2.21. The van der Waals surface area contributed by atoms with E-state index in [-0.39, 0.29) is 10.5 Å². The van der Waals surface area contributed by atoms with Crippen LogP contribution in [-0.2, 0) is 10.0 Å². The maximum atomic E-state index is 12.6. The van der Waals surface area contributed by atoms with E-state index in [4.69, 9.17) is 0 Å². The van der Waals surface area contributed by atoms with Crippen molar-refractivity contribution in [2.24, 2.45) is 5.10 Å². The van der Waals surface area contributed by atoms with Gasteiger partial charge in [0.2, 0.25) is 10.0 Å². The molecule has 0 aliphatic carbocycles. The average Bonchev–Trinajstić information content (AvgIpc) is 3.22. The molecule has 0 unspecified atom stereocenters. The summed E-state index contributed by atoms with van der Waals surface area (Å²) in [6.45, 7) is 2.80. The Morgan fingerprint density at radius 2 is 1.88 bits per heavy atom. The van der Waals surface area contributed by atoms with Crippen LogP contribution in [0.2, 0.25) is 0 Å². The highest BCUT2D eigenvalue weighted by atomic mass is 32.2. The number of sulfonamides is 1. The highest BCUT2D eigenvalue weighted by Gasteiger charge is 2.27.